The maximum atomic E-state index is 12.6. The molecule has 2 aromatic carbocycles. The van der Waals surface area contributed by atoms with Crippen LogP contribution in [-0.2, 0) is 9.59 Å². The molecule has 3 amide bonds. The van der Waals surface area contributed by atoms with Gasteiger partial charge in [0, 0.05) is 5.56 Å². The standard InChI is InChI=1S/C22H27N3O6S/c1-29-18-10-9-15(13-19(18)30-2)21(27)24-25-22(28)17(11-12-32-3)23-20(26)14-31-16-7-5-4-6-8-16/h4-10,13,17H,11-12,14H2,1-3H3,(H,23,26)(H,24,27)(H,25,28). The number of rotatable bonds is 11. The van der Waals surface area contributed by atoms with E-state index in [-0.39, 0.29) is 12.2 Å². The van der Waals surface area contributed by atoms with Crippen LogP contribution >= 0.6 is 11.8 Å². The topological polar surface area (TPSA) is 115 Å². The zero-order chi connectivity index (χ0) is 23.3. The van der Waals surface area contributed by atoms with Crippen LogP contribution in [0.3, 0.4) is 0 Å². The lowest BCUT2D eigenvalue weighted by molar-refractivity contribution is -0.130. The number of amides is 3. The van der Waals surface area contributed by atoms with Gasteiger partial charge >= 0.3 is 0 Å². The van der Waals surface area contributed by atoms with Crippen LogP contribution in [0, 0.1) is 0 Å². The molecule has 0 saturated carbocycles. The molecule has 2 aromatic rings. The van der Waals surface area contributed by atoms with Crippen LogP contribution < -0.4 is 30.4 Å². The van der Waals surface area contributed by atoms with Crippen LogP contribution in [0.1, 0.15) is 16.8 Å². The van der Waals surface area contributed by atoms with E-state index < -0.39 is 23.8 Å². The number of carbonyl (C=O) groups excluding carboxylic acids is 3. The van der Waals surface area contributed by atoms with Crippen molar-refractivity contribution < 1.29 is 28.6 Å². The van der Waals surface area contributed by atoms with Crippen molar-refractivity contribution >= 4 is 29.5 Å². The van der Waals surface area contributed by atoms with Crippen LogP contribution in [0.25, 0.3) is 0 Å². The maximum Gasteiger partial charge on any atom is 0.269 e. The monoisotopic (exact) mass is 461 g/mol. The first-order valence-electron chi connectivity index (χ1n) is 9.76. The second kappa shape index (κ2) is 13.1. The van der Waals surface area contributed by atoms with Crippen molar-refractivity contribution in [1.82, 2.24) is 16.2 Å². The van der Waals surface area contributed by atoms with E-state index in [1.807, 2.05) is 12.3 Å². The number of carbonyl (C=O) groups is 3. The Morgan fingerprint density at radius 3 is 2.34 bits per heavy atom. The van der Waals surface area contributed by atoms with Crippen LogP contribution in [0.5, 0.6) is 17.2 Å². The molecule has 0 saturated heterocycles. The van der Waals surface area contributed by atoms with E-state index in [0.717, 1.165) is 0 Å². The summed E-state index contributed by atoms with van der Waals surface area (Å²) >= 11 is 1.54. The number of nitrogens with one attached hydrogen (secondary N) is 3. The second-order valence-corrected chi connectivity index (χ2v) is 7.50. The summed E-state index contributed by atoms with van der Waals surface area (Å²) in [5.74, 6) is 0.529. The van der Waals surface area contributed by atoms with Crippen molar-refractivity contribution in [3.05, 3.63) is 54.1 Å². The molecule has 9 nitrogen and oxygen atoms in total. The van der Waals surface area contributed by atoms with Gasteiger partial charge in [-0.2, -0.15) is 11.8 Å². The first-order chi connectivity index (χ1) is 15.5. The Balaban J connectivity index is 1.92. The van der Waals surface area contributed by atoms with Gasteiger partial charge in [0.2, 0.25) is 0 Å². The lowest BCUT2D eigenvalue weighted by atomic mass is 10.2. The molecular formula is C22H27N3O6S. The summed E-state index contributed by atoms with van der Waals surface area (Å²) in [4.78, 5) is 37.2. The van der Waals surface area contributed by atoms with Gasteiger partial charge in [0.1, 0.15) is 11.8 Å². The first-order valence-corrected chi connectivity index (χ1v) is 11.2. The fraction of sp³-hybridized carbons (Fsp3) is 0.318. The fourth-order valence-electron chi connectivity index (χ4n) is 2.66. The van der Waals surface area contributed by atoms with E-state index in [2.05, 4.69) is 16.2 Å². The van der Waals surface area contributed by atoms with Crippen molar-refractivity contribution in [1.29, 1.82) is 0 Å². The van der Waals surface area contributed by atoms with Crippen LogP contribution in [-0.4, -0.2) is 56.6 Å². The summed E-state index contributed by atoms with van der Waals surface area (Å²) in [5, 5.41) is 2.64. The minimum Gasteiger partial charge on any atom is -0.493 e. The Hall–Kier alpha value is -3.40. The van der Waals surface area contributed by atoms with Gasteiger partial charge in [-0.05, 0) is 48.8 Å². The number of ether oxygens (including phenoxy) is 3. The summed E-state index contributed by atoms with van der Waals surface area (Å²) in [6, 6.07) is 12.7. The molecule has 1 unspecified atom stereocenters. The van der Waals surface area contributed by atoms with E-state index in [4.69, 9.17) is 14.2 Å². The SMILES string of the molecule is COc1ccc(C(=O)NNC(=O)C(CCSC)NC(=O)COc2ccccc2)cc1OC. The predicted molar refractivity (Wildman–Crippen MR) is 122 cm³/mol. The molecule has 32 heavy (non-hydrogen) atoms. The molecule has 3 N–H and O–H groups in total. The van der Waals surface area contributed by atoms with Crippen LogP contribution in [0.4, 0.5) is 0 Å². The molecule has 0 aliphatic heterocycles. The minimum atomic E-state index is -0.833. The highest BCUT2D eigenvalue weighted by molar-refractivity contribution is 7.98. The Kier molecular flexibility index (Phi) is 10.2. The number of para-hydroxylation sites is 1. The van der Waals surface area contributed by atoms with E-state index in [1.165, 1.54) is 38.1 Å². The molecule has 0 heterocycles. The molecular weight excluding hydrogens is 434 g/mol. The van der Waals surface area contributed by atoms with E-state index >= 15 is 0 Å². The van der Waals surface area contributed by atoms with E-state index in [9.17, 15) is 14.4 Å². The average molecular weight is 462 g/mol. The molecule has 0 radical (unpaired) electrons. The number of thioether (sulfide) groups is 1. The quantitative estimate of drug-likeness (QED) is 0.437. The molecule has 172 valence electrons. The molecule has 1 atom stereocenters. The lowest BCUT2D eigenvalue weighted by Gasteiger charge is -2.19. The zero-order valence-corrected chi connectivity index (χ0v) is 19.0. The molecule has 10 heteroatoms. The van der Waals surface area contributed by atoms with Gasteiger partial charge < -0.3 is 19.5 Å². The van der Waals surface area contributed by atoms with Crippen molar-refractivity contribution in [2.75, 3.05) is 32.8 Å². The molecule has 0 aliphatic rings. The van der Waals surface area contributed by atoms with Gasteiger partial charge in [0.25, 0.3) is 17.7 Å². The van der Waals surface area contributed by atoms with Gasteiger partial charge in [-0.15, -0.1) is 0 Å². The third-order valence-electron chi connectivity index (χ3n) is 4.32. The van der Waals surface area contributed by atoms with Gasteiger partial charge in [-0.3, -0.25) is 25.2 Å². The second-order valence-electron chi connectivity index (χ2n) is 6.52. The van der Waals surface area contributed by atoms with E-state index in [1.54, 1.807) is 30.3 Å². The summed E-state index contributed by atoms with van der Waals surface area (Å²) in [7, 11) is 2.95. The normalized spacial score (nSPS) is 11.1. The highest BCUT2D eigenvalue weighted by Crippen LogP contribution is 2.27. The van der Waals surface area contributed by atoms with Crippen molar-refractivity contribution in [3.63, 3.8) is 0 Å². The molecule has 0 spiro atoms. The summed E-state index contributed by atoms with van der Waals surface area (Å²) in [6.07, 6.45) is 2.28. The number of methoxy groups -OCH3 is 2. The largest absolute Gasteiger partial charge is 0.493 e. The minimum absolute atomic E-state index is 0.231. The Morgan fingerprint density at radius 1 is 0.969 bits per heavy atom. The Bertz CT molecular complexity index is 910. The highest BCUT2D eigenvalue weighted by Gasteiger charge is 2.21. The van der Waals surface area contributed by atoms with Crippen molar-refractivity contribution in [3.8, 4) is 17.2 Å². The third-order valence-corrected chi connectivity index (χ3v) is 4.96. The summed E-state index contributed by atoms with van der Waals surface area (Å²) < 4.78 is 15.7. The first kappa shape index (κ1) is 24.9. The zero-order valence-electron chi connectivity index (χ0n) is 18.2. The van der Waals surface area contributed by atoms with Crippen molar-refractivity contribution in [2.45, 2.75) is 12.5 Å². The van der Waals surface area contributed by atoms with Gasteiger partial charge in [-0.1, -0.05) is 18.2 Å². The van der Waals surface area contributed by atoms with Gasteiger partial charge in [0.15, 0.2) is 18.1 Å². The van der Waals surface area contributed by atoms with Gasteiger partial charge in [-0.25, -0.2) is 0 Å². The summed E-state index contributed by atoms with van der Waals surface area (Å²) in [6.45, 7) is -0.231. The van der Waals surface area contributed by atoms with Crippen LogP contribution in [0.2, 0.25) is 0 Å². The third kappa shape index (κ3) is 7.69. The number of hydrogen-bond acceptors (Lipinski definition) is 7. The number of hydrazine groups is 1. The molecule has 2 rings (SSSR count). The van der Waals surface area contributed by atoms with Crippen LogP contribution in [0.15, 0.2) is 48.5 Å². The fourth-order valence-corrected chi connectivity index (χ4v) is 3.13. The lowest BCUT2D eigenvalue weighted by Crippen LogP contribution is -2.53. The molecule has 0 aromatic heterocycles. The summed E-state index contributed by atoms with van der Waals surface area (Å²) in [5.41, 5.74) is 4.98. The Morgan fingerprint density at radius 2 is 1.69 bits per heavy atom. The Labute approximate surface area is 191 Å². The molecule has 0 aliphatic carbocycles. The highest BCUT2D eigenvalue weighted by atomic mass is 32.2. The average Bonchev–Trinajstić information content (AvgIpc) is 2.83. The molecule has 0 fully saturated rings. The number of hydrogen-bond donors (Lipinski definition) is 3. The van der Waals surface area contributed by atoms with E-state index in [0.29, 0.717) is 29.4 Å². The number of benzene rings is 2. The molecule has 0 bridgehead atoms. The van der Waals surface area contributed by atoms with Gasteiger partial charge in [0.05, 0.1) is 14.2 Å². The maximum absolute atomic E-state index is 12.6. The smallest absolute Gasteiger partial charge is 0.269 e. The van der Waals surface area contributed by atoms with Crippen molar-refractivity contribution in [2.24, 2.45) is 0 Å². The predicted octanol–water partition coefficient (Wildman–Crippen LogP) is 1.78.